The Kier molecular flexibility index (Phi) is 6.04. The van der Waals surface area contributed by atoms with Gasteiger partial charge < -0.3 is 20.5 Å². The van der Waals surface area contributed by atoms with Gasteiger partial charge in [-0.1, -0.05) is 19.4 Å². The van der Waals surface area contributed by atoms with Gasteiger partial charge in [-0.05, 0) is 36.8 Å². The van der Waals surface area contributed by atoms with Crippen LogP contribution in [0.3, 0.4) is 0 Å². The van der Waals surface area contributed by atoms with Gasteiger partial charge in [-0.2, -0.15) is 5.10 Å². The second-order valence-electron chi connectivity index (χ2n) is 9.20. The average Bonchev–Trinajstić information content (AvgIpc) is 3.67. The molecule has 5 aromatic rings. The lowest BCUT2D eigenvalue weighted by Gasteiger charge is -2.07. The molecule has 0 saturated carbocycles. The van der Waals surface area contributed by atoms with Gasteiger partial charge in [0.05, 0.1) is 41.3 Å². The summed E-state index contributed by atoms with van der Waals surface area (Å²) in [7, 11) is 0. The number of aromatic amines is 2. The number of hydrogen-bond donors (Lipinski definition) is 4. The fourth-order valence-electron chi connectivity index (χ4n) is 4.49. The Labute approximate surface area is 218 Å². The summed E-state index contributed by atoms with van der Waals surface area (Å²) in [6, 6.07) is 7.58. The lowest BCUT2D eigenvalue weighted by molar-refractivity contribution is -0.116. The number of hydrogen-bond acceptors (Lipinski definition) is 7. The fraction of sp³-hybridized carbons (Fsp3) is 0.179. The normalized spacial score (nSPS) is 13.1. The third-order valence-corrected chi connectivity index (χ3v) is 6.42. The summed E-state index contributed by atoms with van der Waals surface area (Å²) >= 11 is 0. The number of furan rings is 1. The van der Waals surface area contributed by atoms with Gasteiger partial charge >= 0.3 is 0 Å². The number of allylic oxidation sites excluding steroid dienone is 3. The summed E-state index contributed by atoms with van der Waals surface area (Å²) in [4.78, 5) is 29.7. The third kappa shape index (κ3) is 4.47. The van der Waals surface area contributed by atoms with E-state index in [0.29, 0.717) is 41.3 Å². The van der Waals surface area contributed by atoms with Crippen LogP contribution in [0.25, 0.3) is 39.4 Å². The molecule has 0 saturated heterocycles. The number of carbonyl (C=O) groups is 1. The van der Waals surface area contributed by atoms with Gasteiger partial charge in [-0.25, -0.2) is 9.97 Å². The van der Waals surface area contributed by atoms with Crippen LogP contribution in [0.2, 0.25) is 0 Å². The van der Waals surface area contributed by atoms with E-state index in [1.165, 1.54) is 0 Å². The van der Waals surface area contributed by atoms with Crippen molar-refractivity contribution in [1.82, 2.24) is 30.1 Å². The van der Waals surface area contributed by atoms with Crippen molar-refractivity contribution in [2.24, 2.45) is 5.73 Å². The molecule has 0 aromatic carbocycles. The number of fused-ring (bicyclic) bond motifs is 2. The first-order chi connectivity index (χ1) is 18.6. The number of aromatic nitrogens is 6. The topological polar surface area (TPSA) is 151 Å². The number of imidazole rings is 1. The maximum absolute atomic E-state index is 12.2. The predicted octanol–water partition coefficient (Wildman–Crippen LogP) is 4.96. The molecule has 0 atom stereocenters. The molecule has 0 unspecified atom stereocenters. The van der Waals surface area contributed by atoms with E-state index in [4.69, 9.17) is 20.1 Å². The van der Waals surface area contributed by atoms with Gasteiger partial charge in [0.15, 0.2) is 11.5 Å². The van der Waals surface area contributed by atoms with E-state index in [9.17, 15) is 4.79 Å². The lowest BCUT2D eigenvalue weighted by atomic mass is 10.0. The van der Waals surface area contributed by atoms with Crippen LogP contribution < -0.4 is 11.1 Å². The van der Waals surface area contributed by atoms with Crippen molar-refractivity contribution in [3.8, 4) is 22.8 Å². The van der Waals surface area contributed by atoms with E-state index in [0.717, 1.165) is 52.1 Å². The monoisotopic (exact) mass is 506 g/mol. The van der Waals surface area contributed by atoms with E-state index < -0.39 is 0 Å². The van der Waals surface area contributed by atoms with Crippen LogP contribution in [0.5, 0.6) is 0 Å². The minimum atomic E-state index is -0.0248. The zero-order chi connectivity index (χ0) is 26.1. The van der Waals surface area contributed by atoms with E-state index in [1.807, 2.05) is 36.4 Å². The number of anilines is 1. The van der Waals surface area contributed by atoms with E-state index in [2.05, 4.69) is 32.4 Å². The van der Waals surface area contributed by atoms with Crippen LogP contribution in [0.15, 0.2) is 71.5 Å². The van der Waals surface area contributed by atoms with E-state index in [-0.39, 0.29) is 5.91 Å². The highest BCUT2D eigenvalue weighted by Crippen LogP contribution is 2.33. The lowest BCUT2D eigenvalue weighted by Crippen LogP contribution is -2.11. The quantitative estimate of drug-likeness (QED) is 0.243. The molecule has 1 aliphatic carbocycles. The smallest absolute Gasteiger partial charge is 0.224 e. The molecule has 10 nitrogen and oxygen atoms in total. The van der Waals surface area contributed by atoms with Crippen molar-refractivity contribution < 1.29 is 9.21 Å². The molecule has 0 spiro atoms. The standard InChI is InChI=1S/C28H26N8O2/c1-2-3-4-24(37)31-19-11-17(13-30-14-19)21-7-8-22-26(32-21)27(36-35-22)28-33-23-12-18(29)5-6-20(25(23)34-28)16-9-10-38-15-16/h5-11,13-15H,2-4,12,29H2,1H3,(H,31,37)(H,33,34)(H,35,36). The molecule has 6 rings (SSSR count). The Balaban J connectivity index is 1.36. The summed E-state index contributed by atoms with van der Waals surface area (Å²) in [5.41, 5.74) is 14.6. The maximum Gasteiger partial charge on any atom is 0.224 e. The highest BCUT2D eigenvalue weighted by molar-refractivity contribution is 5.92. The van der Waals surface area contributed by atoms with Crippen LogP contribution in [-0.4, -0.2) is 36.0 Å². The number of nitrogens with two attached hydrogens (primary N) is 1. The molecule has 5 aromatic heterocycles. The summed E-state index contributed by atoms with van der Waals surface area (Å²) in [5.74, 6) is 0.563. The van der Waals surface area contributed by atoms with E-state index >= 15 is 0 Å². The number of carbonyl (C=O) groups excluding carboxylic acids is 1. The molecule has 0 aliphatic heterocycles. The second-order valence-corrected chi connectivity index (χ2v) is 9.20. The summed E-state index contributed by atoms with van der Waals surface area (Å²) in [5, 5.41) is 10.5. The number of rotatable bonds is 7. The fourth-order valence-corrected chi connectivity index (χ4v) is 4.49. The summed E-state index contributed by atoms with van der Waals surface area (Å²) < 4.78 is 5.30. The maximum atomic E-state index is 12.2. The Morgan fingerprint density at radius 2 is 2.05 bits per heavy atom. The molecule has 0 fully saturated rings. The number of amides is 1. The zero-order valence-electron chi connectivity index (χ0n) is 20.8. The molecule has 5 heterocycles. The first kappa shape index (κ1) is 23.4. The predicted molar refractivity (Wildman–Crippen MR) is 145 cm³/mol. The van der Waals surface area contributed by atoms with Crippen molar-refractivity contribution >= 4 is 28.2 Å². The van der Waals surface area contributed by atoms with Gasteiger partial charge in [-0.3, -0.25) is 14.9 Å². The van der Waals surface area contributed by atoms with Gasteiger partial charge in [0.2, 0.25) is 5.91 Å². The number of H-pyrrole nitrogens is 2. The van der Waals surface area contributed by atoms with Crippen LogP contribution in [-0.2, 0) is 11.2 Å². The zero-order valence-corrected chi connectivity index (χ0v) is 20.8. The molecule has 5 N–H and O–H groups in total. The molecule has 10 heteroatoms. The molecule has 190 valence electrons. The Bertz CT molecular complexity index is 1690. The first-order valence-electron chi connectivity index (χ1n) is 12.5. The minimum Gasteiger partial charge on any atom is -0.472 e. The Morgan fingerprint density at radius 3 is 2.89 bits per heavy atom. The van der Waals surface area contributed by atoms with Gasteiger partial charge in [-0.15, -0.1) is 0 Å². The van der Waals surface area contributed by atoms with Crippen molar-refractivity contribution in [2.45, 2.75) is 32.6 Å². The van der Waals surface area contributed by atoms with Gasteiger partial charge in [0, 0.05) is 47.1 Å². The molecular weight excluding hydrogens is 480 g/mol. The van der Waals surface area contributed by atoms with Crippen LogP contribution >= 0.6 is 0 Å². The molecule has 0 radical (unpaired) electrons. The average molecular weight is 507 g/mol. The molecule has 0 bridgehead atoms. The molecule has 38 heavy (non-hydrogen) atoms. The molecule has 1 aliphatic rings. The largest absolute Gasteiger partial charge is 0.472 e. The van der Waals surface area contributed by atoms with Crippen molar-refractivity contribution in [3.05, 3.63) is 84.0 Å². The van der Waals surface area contributed by atoms with Crippen molar-refractivity contribution in [3.63, 3.8) is 0 Å². The highest BCUT2D eigenvalue weighted by atomic mass is 16.3. The molecular formula is C28H26N8O2. The van der Waals surface area contributed by atoms with Gasteiger partial charge in [0.1, 0.15) is 5.52 Å². The third-order valence-electron chi connectivity index (χ3n) is 6.42. The minimum absolute atomic E-state index is 0.0248. The highest BCUT2D eigenvalue weighted by Gasteiger charge is 2.22. The van der Waals surface area contributed by atoms with Gasteiger partial charge in [0.25, 0.3) is 0 Å². The van der Waals surface area contributed by atoms with E-state index in [1.54, 1.807) is 24.9 Å². The van der Waals surface area contributed by atoms with Crippen LogP contribution in [0.1, 0.15) is 43.1 Å². The SMILES string of the molecule is CCCCC(=O)Nc1cncc(-c2ccc3[nH]nc(-c4nc5c([nH]4)CC(N)=CC=C5c4ccoc4)c3n2)c1. The second kappa shape index (κ2) is 9.81. The number of nitrogens with zero attached hydrogens (tertiary/aromatic N) is 4. The van der Waals surface area contributed by atoms with Crippen molar-refractivity contribution in [1.29, 1.82) is 0 Å². The first-order valence-corrected chi connectivity index (χ1v) is 12.5. The Hall–Kier alpha value is -4.99. The van der Waals surface area contributed by atoms with Crippen molar-refractivity contribution in [2.75, 3.05) is 5.32 Å². The molecule has 1 amide bonds. The summed E-state index contributed by atoms with van der Waals surface area (Å²) in [6.07, 6.45) is 13.4. The number of pyridine rings is 2. The van der Waals surface area contributed by atoms with Crippen LogP contribution in [0.4, 0.5) is 5.69 Å². The van der Waals surface area contributed by atoms with Crippen LogP contribution in [0, 0.1) is 0 Å². The number of unbranched alkanes of at least 4 members (excludes halogenated alkanes) is 1. The summed E-state index contributed by atoms with van der Waals surface area (Å²) in [6.45, 7) is 2.06. The Morgan fingerprint density at radius 1 is 1.13 bits per heavy atom. The number of nitrogens with one attached hydrogen (secondary N) is 3.